The first kappa shape index (κ1) is 26.6. The number of methoxy groups -OCH3 is 1. The van der Waals surface area contributed by atoms with Crippen molar-refractivity contribution < 1.29 is 24.5 Å². The van der Waals surface area contributed by atoms with Crippen LogP contribution in [0.2, 0.25) is 0 Å². The molecular weight excluding hydrogens is 504 g/mol. The lowest BCUT2D eigenvalue weighted by Crippen LogP contribution is -2.66. The van der Waals surface area contributed by atoms with Crippen LogP contribution in [0.25, 0.3) is 0 Å². The Hall–Kier alpha value is -2.25. The molecule has 8 rings (SSSR count). The summed E-state index contributed by atoms with van der Waals surface area (Å²) in [6, 6.07) is 4.20. The maximum absolute atomic E-state index is 12.7. The zero-order chi connectivity index (χ0) is 27.9. The predicted molar refractivity (Wildman–Crippen MR) is 153 cm³/mol. The van der Waals surface area contributed by atoms with E-state index in [1.54, 1.807) is 7.11 Å². The summed E-state index contributed by atoms with van der Waals surface area (Å²) in [7, 11) is 1.69. The van der Waals surface area contributed by atoms with Gasteiger partial charge >= 0.3 is 6.09 Å². The Morgan fingerprint density at radius 1 is 1.15 bits per heavy atom. The van der Waals surface area contributed by atoms with Gasteiger partial charge in [0.15, 0.2) is 11.5 Å². The van der Waals surface area contributed by atoms with Gasteiger partial charge in [-0.1, -0.05) is 32.1 Å². The van der Waals surface area contributed by atoms with E-state index in [1.807, 2.05) is 17.0 Å². The Morgan fingerprint density at radius 2 is 1.93 bits per heavy atom. The first-order chi connectivity index (χ1) is 19.1. The molecule has 5 aliphatic carbocycles. The highest BCUT2D eigenvalue weighted by Crippen LogP contribution is 2.67. The molecule has 1 spiro atoms. The fourth-order valence-electron chi connectivity index (χ4n) is 11.0. The Bertz CT molecular complexity index is 1210. The minimum Gasteiger partial charge on any atom is -0.493 e. The number of amides is 1. The molecule has 218 valence electrons. The maximum atomic E-state index is 12.7. The molecule has 0 aromatic heterocycles. The van der Waals surface area contributed by atoms with Crippen LogP contribution in [0.4, 0.5) is 4.79 Å². The summed E-state index contributed by atoms with van der Waals surface area (Å²) < 4.78 is 12.1. The van der Waals surface area contributed by atoms with Gasteiger partial charge in [0.1, 0.15) is 6.10 Å². The quantitative estimate of drug-likeness (QED) is 0.333. The van der Waals surface area contributed by atoms with Crippen LogP contribution in [0.5, 0.6) is 11.5 Å². The molecule has 40 heavy (non-hydrogen) atoms. The topological polar surface area (TPSA) is 82.5 Å². The van der Waals surface area contributed by atoms with Gasteiger partial charge in [-0.05, 0) is 99.3 Å². The number of rotatable bonds is 7. The molecule has 2 unspecified atom stereocenters. The average molecular weight is 551 g/mol. The monoisotopic (exact) mass is 550 g/mol. The van der Waals surface area contributed by atoms with Gasteiger partial charge in [0, 0.05) is 30.6 Å². The zero-order valence-corrected chi connectivity index (χ0v) is 24.5. The number of carbonyl (C=O) groups is 1. The largest absolute Gasteiger partial charge is 0.493 e. The first-order valence-corrected chi connectivity index (χ1v) is 15.5. The second-order valence-corrected chi connectivity index (χ2v) is 15.0. The van der Waals surface area contributed by atoms with E-state index in [4.69, 9.17) is 9.47 Å². The molecule has 4 saturated carbocycles. The molecule has 2 heterocycles. The highest BCUT2D eigenvalue weighted by molar-refractivity contribution is 5.66. The highest BCUT2D eigenvalue weighted by atomic mass is 16.5. The summed E-state index contributed by atoms with van der Waals surface area (Å²) in [5, 5.41) is 20.7. The fraction of sp³-hybridized carbons (Fsp3) is 0.727. The van der Waals surface area contributed by atoms with Crippen LogP contribution < -0.4 is 9.47 Å². The molecule has 4 bridgehead atoms. The van der Waals surface area contributed by atoms with Crippen molar-refractivity contribution in [3.8, 4) is 11.5 Å². The van der Waals surface area contributed by atoms with Gasteiger partial charge in [-0.2, -0.15) is 0 Å². The maximum Gasteiger partial charge on any atom is 0.407 e. The first-order valence-electron chi connectivity index (χ1n) is 15.5. The van der Waals surface area contributed by atoms with Crippen molar-refractivity contribution >= 4 is 6.09 Å². The molecule has 2 aliphatic heterocycles. The summed E-state index contributed by atoms with van der Waals surface area (Å²) in [4.78, 5) is 17.1. The van der Waals surface area contributed by atoms with E-state index < -0.39 is 12.2 Å². The lowest BCUT2D eigenvalue weighted by atomic mass is 9.42. The van der Waals surface area contributed by atoms with Crippen LogP contribution in [0.15, 0.2) is 24.3 Å². The third-order valence-electron chi connectivity index (χ3n) is 11.5. The van der Waals surface area contributed by atoms with E-state index in [9.17, 15) is 15.0 Å². The number of benzene rings is 1. The number of aliphatic hydroxyl groups is 1. The van der Waals surface area contributed by atoms with E-state index >= 15 is 0 Å². The summed E-state index contributed by atoms with van der Waals surface area (Å²) in [5.41, 5.74) is 2.73. The number of unbranched alkanes of at least 4 members (excludes halogenated alkanes) is 1. The number of carboxylic acid groups (broad SMARTS) is 1. The van der Waals surface area contributed by atoms with E-state index in [0.29, 0.717) is 29.7 Å². The van der Waals surface area contributed by atoms with Crippen LogP contribution in [0.1, 0.15) is 89.2 Å². The molecule has 7 nitrogen and oxygen atoms in total. The van der Waals surface area contributed by atoms with Crippen molar-refractivity contribution in [3.05, 3.63) is 35.4 Å². The molecule has 4 fully saturated rings. The van der Waals surface area contributed by atoms with Crippen molar-refractivity contribution in [2.75, 3.05) is 26.7 Å². The fourth-order valence-corrected chi connectivity index (χ4v) is 11.0. The molecule has 7 heteroatoms. The summed E-state index contributed by atoms with van der Waals surface area (Å²) in [5.74, 6) is 2.30. The Kier molecular flexibility index (Phi) is 6.08. The highest BCUT2D eigenvalue weighted by Gasteiger charge is 2.62. The third kappa shape index (κ3) is 4.09. The van der Waals surface area contributed by atoms with Crippen LogP contribution >= 0.6 is 0 Å². The van der Waals surface area contributed by atoms with Crippen molar-refractivity contribution in [2.24, 2.45) is 16.7 Å². The van der Waals surface area contributed by atoms with Crippen LogP contribution in [-0.2, 0) is 12.0 Å². The van der Waals surface area contributed by atoms with Gasteiger partial charge in [-0.3, -0.25) is 4.90 Å². The number of ether oxygens (including phenoxy) is 2. The molecule has 0 radical (unpaired) electrons. The number of nitrogens with zero attached hydrogens (tertiary/aromatic N) is 2. The standard InChI is InChI=1S/C33H46N2O5/c1-30-15-22-16-31(2,19-30)21-32(17-22,20-30)35(29(37)38)12-5-4-11-34-13-10-33-9-8-24(36)14-26(33)40-28-25(39-3)7-6-23(18-34)27(28)33/h6-9,22,24,26,36H,4-5,10-21H2,1-3H3,(H,37,38)/t22?,24-,26-,30-,31+,32?,33-/m0/s1. The lowest BCUT2D eigenvalue weighted by molar-refractivity contribution is -0.152. The van der Waals surface area contributed by atoms with Crippen molar-refractivity contribution in [1.29, 1.82) is 0 Å². The summed E-state index contributed by atoms with van der Waals surface area (Å²) >= 11 is 0. The van der Waals surface area contributed by atoms with Gasteiger partial charge in [0.2, 0.25) is 0 Å². The van der Waals surface area contributed by atoms with Gasteiger partial charge in [-0.25, -0.2) is 4.79 Å². The normalized spacial score (nSPS) is 40.8. The molecule has 7 aliphatic rings. The summed E-state index contributed by atoms with van der Waals surface area (Å²) in [6.07, 6.45) is 13.3. The number of aliphatic hydroxyl groups excluding tert-OH is 1. The minimum atomic E-state index is -0.722. The Balaban J connectivity index is 1.04. The van der Waals surface area contributed by atoms with Gasteiger partial charge < -0.3 is 24.6 Å². The van der Waals surface area contributed by atoms with E-state index in [1.165, 1.54) is 30.4 Å². The van der Waals surface area contributed by atoms with Crippen molar-refractivity contribution in [2.45, 2.75) is 108 Å². The molecule has 1 aromatic carbocycles. The molecule has 0 saturated heterocycles. The number of hydrogen-bond acceptors (Lipinski definition) is 5. The van der Waals surface area contributed by atoms with Crippen LogP contribution in [-0.4, -0.2) is 70.6 Å². The zero-order valence-electron chi connectivity index (χ0n) is 24.5. The van der Waals surface area contributed by atoms with Crippen LogP contribution in [0.3, 0.4) is 0 Å². The Morgan fingerprint density at radius 3 is 2.62 bits per heavy atom. The van der Waals surface area contributed by atoms with E-state index in [-0.39, 0.29) is 17.1 Å². The third-order valence-corrected chi connectivity index (χ3v) is 11.5. The predicted octanol–water partition coefficient (Wildman–Crippen LogP) is 5.73. The summed E-state index contributed by atoms with van der Waals surface area (Å²) in [6.45, 7) is 8.23. The van der Waals surface area contributed by atoms with Crippen LogP contribution in [0, 0.1) is 16.7 Å². The van der Waals surface area contributed by atoms with E-state index in [2.05, 4.69) is 30.9 Å². The molecular formula is C33H46N2O5. The molecule has 1 aromatic rings. The van der Waals surface area contributed by atoms with E-state index in [0.717, 1.165) is 69.7 Å². The average Bonchev–Trinajstić information content (AvgIpc) is 3.10. The van der Waals surface area contributed by atoms with Crippen molar-refractivity contribution in [3.63, 3.8) is 0 Å². The minimum absolute atomic E-state index is 0.0781. The second kappa shape index (κ2) is 9.12. The Labute approximate surface area is 238 Å². The van der Waals surface area contributed by atoms with Gasteiger partial charge in [0.05, 0.1) is 18.6 Å². The number of hydrogen-bond donors (Lipinski definition) is 2. The molecule has 7 atom stereocenters. The SMILES string of the molecule is COc1ccc2c3c1O[C@H]1C[C@@H](O)C=C[C@@]31CCN(CCCCN(C(=O)O)C13CC4C[C@@](C)(C1)C[C@](C)(C4)C3)C2. The van der Waals surface area contributed by atoms with Crippen molar-refractivity contribution in [1.82, 2.24) is 9.80 Å². The van der Waals surface area contributed by atoms with Gasteiger partial charge in [-0.15, -0.1) is 0 Å². The molecule has 1 amide bonds. The molecule has 2 N–H and O–H groups in total. The van der Waals surface area contributed by atoms with Gasteiger partial charge in [0.25, 0.3) is 0 Å². The smallest absolute Gasteiger partial charge is 0.407 e. The second-order valence-electron chi connectivity index (χ2n) is 15.0. The lowest BCUT2D eigenvalue weighted by Gasteiger charge is -2.67.